The number of quaternary nitrogens is 2. The molecule has 146 heavy (non-hydrogen) atoms. The van der Waals surface area contributed by atoms with Crippen molar-refractivity contribution in [3.63, 3.8) is 0 Å². The Kier molecular flexibility index (Phi) is 61.3. The number of hydrogen-bond donors (Lipinski definition) is 0. The van der Waals surface area contributed by atoms with Gasteiger partial charge in [-0.05, 0) is 146 Å². The van der Waals surface area contributed by atoms with Crippen LogP contribution in [0, 0.1) is 147 Å². The Morgan fingerprint density at radius 2 is 0.260 bits per heavy atom. The molecule has 2 aliphatic heterocycles. The number of rotatable bonds is 18. The molecule has 18 nitrogen and oxygen atoms in total. The van der Waals surface area contributed by atoms with Gasteiger partial charge in [0.2, 0.25) is 0 Å². The average molecular weight is 2440 g/mol. The molecule has 2 saturated heterocycles. The molecule has 0 bridgehead atoms. The quantitative estimate of drug-likeness (QED) is 0.0571. The van der Waals surface area contributed by atoms with E-state index in [1.807, 2.05) is 182 Å². The van der Waals surface area contributed by atoms with E-state index in [1.165, 1.54) is 0 Å². The first-order valence-electron chi connectivity index (χ1n) is 51.3. The van der Waals surface area contributed by atoms with Crippen molar-refractivity contribution in [2.24, 2.45) is 32.5 Å². The monoisotopic (exact) mass is 2440 g/mol. The van der Waals surface area contributed by atoms with Crippen LogP contribution in [0.3, 0.4) is 0 Å². The van der Waals surface area contributed by atoms with Crippen molar-refractivity contribution in [2.75, 3.05) is 121 Å². The molecule has 0 aliphatic carbocycles. The molecule has 2 fully saturated rings. The van der Waals surface area contributed by atoms with Crippen LogP contribution < -0.4 is 30.6 Å². The van der Waals surface area contributed by atoms with Gasteiger partial charge in [-0.15, -0.1) is 34.5 Å². The molecular formula is C126H180N8O10U2-10. The van der Waals surface area contributed by atoms with Crippen LogP contribution in [0.1, 0.15) is 225 Å². The first kappa shape index (κ1) is 136. The summed E-state index contributed by atoms with van der Waals surface area (Å²) in [6.07, 6.45) is 4.49. The summed E-state index contributed by atoms with van der Waals surface area (Å²) >= 11 is 0. The fourth-order valence-corrected chi connectivity index (χ4v) is 17.2. The van der Waals surface area contributed by atoms with Crippen LogP contribution in [0.5, 0.6) is 34.5 Å². The number of nitrogens with zero attached hydrogens (tertiary/aromatic N) is 8. The molecular weight excluding hydrogens is 2260 g/mol. The maximum atomic E-state index is 13.8. The molecule has 0 atom stereocenters. The molecule has 0 saturated carbocycles. The van der Waals surface area contributed by atoms with E-state index in [-0.39, 0.29) is 149 Å². The van der Waals surface area contributed by atoms with Crippen LogP contribution in [0.2, 0.25) is 0 Å². The molecule has 2 heterocycles. The van der Waals surface area contributed by atoms with Gasteiger partial charge in [-0.25, -0.2) is 0 Å². The SMILES string of the molecule is C[N+](C)(C)[O-].C[N+](C)(C)[O-].Cc1cc(CN2CCN(Cc3cc(C)cc(CC(C)(C)C)c3[O-])CCN(Cc3cc(C)cc(CC(C)(C)C)c3[O-])CC2)c([O-])c(CC(C)(C)C)c1.Cc1cc(CN2CCN(Cc3cc(C)cc(CC(C)(C)C)c3[O-])CCN(Cc3cc(C)cc(CC(C)(C)C)c3[O-])CC2)c([O-])c(CC(C)(C)C)c1.[O-2].[O-2].[U].[U].c1ccccc1.c1ccccc1.c1ccccc1.c1ccccc1.c1ccccc1. The zero-order valence-corrected chi connectivity index (χ0v) is 103. The minimum absolute atomic E-state index is 0. The molecule has 0 radical (unpaired) electrons. The van der Waals surface area contributed by atoms with Gasteiger partial charge in [-0.2, -0.15) is 0 Å². The van der Waals surface area contributed by atoms with Gasteiger partial charge < -0.3 is 61.3 Å². The van der Waals surface area contributed by atoms with Crippen molar-refractivity contribution in [3.8, 4) is 34.5 Å². The fourth-order valence-electron chi connectivity index (χ4n) is 17.2. The molecule has 0 aromatic heterocycles. The Hall–Kier alpha value is -8.16. The Labute approximate surface area is 931 Å². The molecule has 0 spiro atoms. The van der Waals surface area contributed by atoms with Crippen molar-refractivity contribution in [3.05, 3.63) is 365 Å². The minimum atomic E-state index is -0.250. The average Bonchev–Trinajstić information content (AvgIpc) is 1.10. The first-order chi connectivity index (χ1) is 66.1. The van der Waals surface area contributed by atoms with Crippen LogP contribution in [-0.2, 0) is 88.7 Å². The van der Waals surface area contributed by atoms with E-state index in [0.717, 1.165) is 217 Å². The zero-order chi connectivity index (χ0) is 106. The number of hydroxylamine groups is 6. The smallest absolute Gasteiger partial charge is 0.0674 e. The van der Waals surface area contributed by atoms with E-state index in [1.54, 1.807) is 42.3 Å². The standard InChI is InChI=1S/2C45H69N3O3.5C6H6.2C3H9NO.2O.2U/c2*1-31-19-34(25-43(4,5)6)40(49)37(22-31)28-46-13-15-47(29-38-23-32(2)20-35(41(38)50)26-44(7,8)9)17-18-48(16-14-46)30-39-24-33(3)21-36(42(39)51)27-45(10,11)12;5*1-2-4-6-5-3-1;2*1-4(2,3)5;;;;/h2*19-24,49-51H,13-18,25-30H2,1-12H3;5*1-6H;2*1-3H3;;;;/q;;;;;;;;;2*-2;;/p-6. The summed E-state index contributed by atoms with van der Waals surface area (Å²) in [5.41, 5.74) is 17.4. The van der Waals surface area contributed by atoms with Gasteiger partial charge in [0.25, 0.3) is 0 Å². The number of aryl methyl sites for hydroxylation is 6. The second-order valence-electron chi connectivity index (χ2n) is 48.1. The van der Waals surface area contributed by atoms with E-state index in [0.29, 0.717) is 39.3 Å². The maximum Gasteiger partial charge on any atom is 0.0674 e. The third-order valence-corrected chi connectivity index (χ3v) is 22.7. The molecule has 20 heteroatoms. The van der Waals surface area contributed by atoms with Gasteiger partial charge >= 0.3 is 0 Å². The van der Waals surface area contributed by atoms with Crippen LogP contribution in [0.4, 0.5) is 0 Å². The van der Waals surface area contributed by atoms with Gasteiger partial charge in [0.1, 0.15) is 0 Å². The third kappa shape index (κ3) is 60.6. The summed E-state index contributed by atoms with van der Waals surface area (Å²) in [5.74, 6) is 0.963. The van der Waals surface area contributed by atoms with Gasteiger partial charge in [-0.1, -0.05) is 446 Å². The minimum Gasteiger partial charge on any atom is -2.00 e. The van der Waals surface area contributed by atoms with Gasteiger partial charge in [0.05, 0.1) is 42.3 Å². The van der Waals surface area contributed by atoms with Crippen molar-refractivity contribution >= 4 is 0 Å². The molecule has 13 rings (SSSR count). The van der Waals surface area contributed by atoms with Crippen LogP contribution >= 0.6 is 0 Å². The van der Waals surface area contributed by atoms with E-state index in [2.05, 4.69) is 268 Å². The van der Waals surface area contributed by atoms with Crippen LogP contribution in [0.25, 0.3) is 0 Å². The Morgan fingerprint density at radius 3 is 0.336 bits per heavy atom. The largest absolute Gasteiger partial charge is 2.00 e. The summed E-state index contributed by atoms with van der Waals surface area (Å²) in [6.45, 7) is 64.8. The summed E-state index contributed by atoms with van der Waals surface area (Å²) < 4.78 is -0.500. The second-order valence-corrected chi connectivity index (χ2v) is 48.1. The molecule has 11 aromatic rings. The Morgan fingerprint density at radius 1 is 0.185 bits per heavy atom. The molecule has 0 N–H and O–H groups in total. The second kappa shape index (κ2) is 65.8. The Balaban J connectivity index is 0.00000103. The topological polar surface area (TPSA) is 261 Å². The normalized spacial score (nSPS) is 13.8. The van der Waals surface area contributed by atoms with E-state index in [9.17, 15) is 41.1 Å². The van der Waals surface area contributed by atoms with Gasteiger partial charge in [0, 0.05) is 180 Å². The van der Waals surface area contributed by atoms with Gasteiger partial charge in [-0.3, -0.25) is 29.4 Å². The molecule has 11 aromatic carbocycles. The van der Waals surface area contributed by atoms with Crippen molar-refractivity contribution in [1.82, 2.24) is 29.4 Å². The Bertz CT molecular complexity index is 4410. The fraction of sp³-hybridized carbons (Fsp3) is 0.476. The van der Waals surface area contributed by atoms with Crippen LogP contribution in [-0.4, -0.2) is 160 Å². The van der Waals surface area contributed by atoms with Crippen LogP contribution in [0.15, 0.2) is 255 Å². The summed E-state index contributed by atoms with van der Waals surface area (Å²) in [4.78, 5) is 14.4. The molecule has 0 amide bonds. The first-order valence-corrected chi connectivity index (χ1v) is 51.3. The summed E-state index contributed by atoms with van der Waals surface area (Å²) in [5, 5.41) is 103. The number of benzene rings is 11. The number of hydrogen-bond acceptors (Lipinski definition) is 14. The van der Waals surface area contributed by atoms with Crippen molar-refractivity contribution in [1.29, 1.82) is 0 Å². The van der Waals surface area contributed by atoms with Crippen molar-refractivity contribution in [2.45, 2.75) is 244 Å². The van der Waals surface area contributed by atoms with Gasteiger partial charge in [0.15, 0.2) is 0 Å². The molecule has 2 aliphatic rings. The maximum absolute atomic E-state index is 13.8. The third-order valence-electron chi connectivity index (χ3n) is 22.7. The predicted molar refractivity (Wildman–Crippen MR) is 591 cm³/mol. The molecule has 802 valence electrons. The predicted octanol–water partition coefficient (Wildman–Crippen LogP) is 23.4. The van der Waals surface area contributed by atoms with E-state index in [4.69, 9.17) is 0 Å². The molecule has 0 unspecified atom stereocenters. The van der Waals surface area contributed by atoms with E-state index < -0.39 is 0 Å². The van der Waals surface area contributed by atoms with Crippen molar-refractivity contribution < 1.29 is 113 Å². The van der Waals surface area contributed by atoms with E-state index >= 15 is 0 Å². The summed E-state index contributed by atoms with van der Waals surface area (Å²) in [7, 11) is 9.42. The summed E-state index contributed by atoms with van der Waals surface area (Å²) in [6, 6.07) is 84.8. The zero-order valence-electron chi connectivity index (χ0n) is 94.9.